The topological polar surface area (TPSA) is 72.5 Å². The van der Waals surface area contributed by atoms with Gasteiger partial charge >= 0.3 is 0 Å². The molecule has 1 saturated carbocycles. The molecule has 0 unspecified atom stereocenters. The molecule has 0 spiro atoms. The highest BCUT2D eigenvalue weighted by molar-refractivity contribution is 7.99. The summed E-state index contributed by atoms with van der Waals surface area (Å²) in [6, 6.07) is 7.80. The molecule has 3 aromatic rings. The van der Waals surface area contributed by atoms with E-state index in [-0.39, 0.29) is 11.5 Å². The molecule has 2 aromatic heterocycles. The van der Waals surface area contributed by atoms with Gasteiger partial charge in [-0.05, 0) is 31.9 Å². The smallest absolute Gasteiger partial charge is 0.262 e. The third-order valence-electron chi connectivity index (χ3n) is 5.60. The van der Waals surface area contributed by atoms with Crippen LogP contribution < -0.4 is 5.56 Å². The number of thioether (sulfide) groups is 1. The third-order valence-corrected chi connectivity index (χ3v) is 6.51. The maximum absolute atomic E-state index is 12.9. The van der Waals surface area contributed by atoms with Crippen molar-refractivity contribution in [2.75, 3.05) is 12.3 Å². The number of carbonyl (C=O) groups excluding carboxylic acids is 1. The van der Waals surface area contributed by atoms with Crippen LogP contribution in [0, 0.1) is 0 Å². The SMILES string of the molecule is CCN(C(=O)CSc1nnc2n(C)c(=O)c3ccccc3n12)C1CCCCC1. The van der Waals surface area contributed by atoms with Gasteiger partial charge < -0.3 is 4.90 Å². The molecule has 0 aliphatic heterocycles. The number of rotatable bonds is 5. The predicted octanol–water partition coefficient (Wildman–Crippen LogP) is 2.85. The number of carbonyl (C=O) groups is 1. The van der Waals surface area contributed by atoms with Gasteiger partial charge in [-0.1, -0.05) is 43.2 Å². The Labute approximate surface area is 167 Å². The van der Waals surface area contributed by atoms with E-state index in [0.29, 0.717) is 28.1 Å². The standard InChI is InChI=1S/C20H25N5O2S/c1-3-24(14-9-5-4-6-10-14)17(26)13-28-20-22-21-19-23(2)18(27)15-11-7-8-12-16(15)25(19)20/h7-8,11-12,14H,3-6,9-10,13H2,1-2H3. The van der Waals surface area contributed by atoms with Crippen molar-refractivity contribution in [3.63, 3.8) is 0 Å². The highest BCUT2D eigenvalue weighted by Crippen LogP contribution is 2.25. The predicted molar refractivity (Wildman–Crippen MR) is 111 cm³/mol. The Morgan fingerprint density at radius 1 is 1.21 bits per heavy atom. The van der Waals surface area contributed by atoms with Crippen LogP contribution in [-0.4, -0.2) is 48.3 Å². The van der Waals surface area contributed by atoms with Crippen molar-refractivity contribution in [3.8, 4) is 0 Å². The van der Waals surface area contributed by atoms with E-state index in [9.17, 15) is 9.59 Å². The Bertz CT molecular complexity index is 1070. The number of amides is 1. The molecule has 4 rings (SSSR count). The van der Waals surface area contributed by atoms with E-state index in [1.54, 1.807) is 13.1 Å². The number of aryl methyl sites for hydroxylation is 1. The lowest BCUT2D eigenvalue weighted by Crippen LogP contribution is -2.42. The summed E-state index contributed by atoms with van der Waals surface area (Å²) in [5.41, 5.74) is 0.665. The molecule has 1 amide bonds. The van der Waals surface area contributed by atoms with Gasteiger partial charge in [-0.2, -0.15) is 0 Å². The monoisotopic (exact) mass is 399 g/mol. The first kappa shape index (κ1) is 19.0. The summed E-state index contributed by atoms with van der Waals surface area (Å²) in [6.45, 7) is 2.79. The van der Waals surface area contributed by atoms with E-state index in [4.69, 9.17) is 0 Å². The Morgan fingerprint density at radius 2 is 1.96 bits per heavy atom. The van der Waals surface area contributed by atoms with Crippen molar-refractivity contribution in [2.24, 2.45) is 7.05 Å². The fraction of sp³-hybridized carbons (Fsp3) is 0.500. The molecule has 0 bridgehead atoms. The summed E-state index contributed by atoms with van der Waals surface area (Å²) in [7, 11) is 1.69. The van der Waals surface area contributed by atoms with Crippen molar-refractivity contribution in [2.45, 2.75) is 50.2 Å². The number of hydrogen-bond acceptors (Lipinski definition) is 5. The largest absolute Gasteiger partial charge is 0.339 e. The lowest BCUT2D eigenvalue weighted by Gasteiger charge is -2.33. The first-order valence-electron chi connectivity index (χ1n) is 9.87. The van der Waals surface area contributed by atoms with E-state index < -0.39 is 0 Å². The van der Waals surface area contributed by atoms with Gasteiger partial charge in [0.25, 0.3) is 5.56 Å². The van der Waals surface area contributed by atoms with Gasteiger partial charge in [-0.25, -0.2) is 0 Å². The number of para-hydroxylation sites is 1. The van der Waals surface area contributed by atoms with Crippen LogP contribution in [0.5, 0.6) is 0 Å². The van der Waals surface area contributed by atoms with Crippen LogP contribution in [-0.2, 0) is 11.8 Å². The first-order valence-corrected chi connectivity index (χ1v) is 10.9. The van der Waals surface area contributed by atoms with Gasteiger partial charge in [0.15, 0.2) is 5.16 Å². The summed E-state index contributed by atoms with van der Waals surface area (Å²) in [5, 5.41) is 9.70. The van der Waals surface area contributed by atoms with E-state index in [1.807, 2.05) is 34.4 Å². The minimum atomic E-state index is -0.0995. The van der Waals surface area contributed by atoms with Crippen molar-refractivity contribution < 1.29 is 4.79 Å². The Kier molecular flexibility index (Phi) is 5.39. The zero-order chi connectivity index (χ0) is 19.7. The molecule has 0 atom stereocenters. The average molecular weight is 400 g/mol. The lowest BCUT2D eigenvalue weighted by atomic mass is 9.94. The molecule has 0 saturated heterocycles. The average Bonchev–Trinajstić information content (AvgIpc) is 3.16. The van der Waals surface area contributed by atoms with E-state index >= 15 is 0 Å². The second kappa shape index (κ2) is 7.95. The first-order chi connectivity index (χ1) is 13.6. The van der Waals surface area contributed by atoms with Crippen molar-refractivity contribution in [1.29, 1.82) is 0 Å². The molecule has 1 aliphatic carbocycles. The summed E-state index contributed by atoms with van der Waals surface area (Å²) in [6.07, 6.45) is 5.89. The van der Waals surface area contributed by atoms with Crippen molar-refractivity contribution in [3.05, 3.63) is 34.6 Å². The molecule has 0 radical (unpaired) electrons. The number of hydrogen-bond donors (Lipinski definition) is 0. The van der Waals surface area contributed by atoms with Crippen LogP contribution in [0.25, 0.3) is 16.7 Å². The number of benzene rings is 1. The van der Waals surface area contributed by atoms with Gasteiger partial charge in [0.05, 0.1) is 16.7 Å². The van der Waals surface area contributed by atoms with Crippen LogP contribution in [0.1, 0.15) is 39.0 Å². The Balaban J connectivity index is 1.62. The molecule has 1 aliphatic rings. The molecule has 28 heavy (non-hydrogen) atoms. The lowest BCUT2D eigenvalue weighted by molar-refractivity contribution is -0.131. The highest BCUT2D eigenvalue weighted by atomic mass is 32.2. The van der Waals surface area contributed by atoms with E-state index in [2.05, 4.69) is 10.2 Å². The zero-order valence-electron chi connectivity index (χ0n) is 16.3. The second-order valence-electron chi connectivity index (χ2n) is 7.26. The molecule has 1 fully saturated rings. The fourth-order valence-electron chi connectivity index (χ4n) is 4.14. The fourth-order valence-corrected chi connectivity index (χ4v) is 4.97. The zero-order valence-corrected chi connectivity index (χ0v) is 17.1. The third kappa shape index (κ3) is 3.30. The minimum Gasteiger partial charge on any atom is -0.339 e. The Morgan fingerprint density at radius 3 is 2.71 bits per heavy atom. The Hall–Kier alpha value is -2.35. The number of aromatic nitrogens is 4. The van der Waals surface area contributed by atoms with Crippen LogP contribution in [0.15, 0.2) is 34.2 Å². The molecule has 8 heteroatoms. The van der Waals surface area contributed by atoms with Gasteiger partial charge in [-0.15, -0.1) is 10.2 Å². The molecular weight excluding hydrogens is 374 g/mol. The van der Waals surface area contributed by atoms with Gasteiger partial charge in [-0.3, -0.25) is 18.6 Å². The van der Waals surface area contributed by atoms with Crippen molar-refractivity contribution in [1.82, 2.24) is 24.1 Å². The second-order valence-corrected chi connectivity index (χ2v) is 8.20. The summed E-state index contributed by atoms with van der Waals surface area (Å²) < 4.78 is 3.37. The number of nitrogens with zero attached hydrogens (tertiary/aromatic N) is 5. The molecular formula is C20H25N5O2S. The maximum atomic E-state index is 12.9. The van der Waals surface area contributed by atoms with E-state index in [1.165, 1.54) is 35.6 Å². The quantitative estimate of drug-likeness (QED) is 0.617. The number of fused-ring (bicyclic) bond motifs is 3. The highest BCUT2D eigenvalue weighted by Gasteiger charge is 2.25. The van der Waals surface area contributed by atoms with E-state index in [0.717, 1.165) is 24.9 Å². The molecule has 1 aromatic carbocycles. The summed E-state index contributed by atoms with van der Waals surface area (Å²) in [4.78, 5) is 27.4. The molecule has 2 heterocycles. The molecule has 0 N–H and O–H groups in total. The van der Waals surface area contributed by atoms with Crippen molar-refractivity contribution >= 4 is 34.3 Å². The van der Waals surface area contributed by atoms with Gasteiger partial charge in [0.1, 0.15) is 0 Å². The maximum Gasteiger partial charge on any atom is 0.262 e. The normalized spacial score (nSPS) is 15.4. The molecule has 7 nitrogen and oxygen atoms in total. The molecule has 148 valence electrons. The van der Waals surface area contributed by atoms with Crippen LogP contribution >= 0.6 is 11.8 Å². The van der Waals surface area contributed by atoms with Crippen LogP contribution in [0.2, 0.25) is 0 Å². The van der Waals surface area contributed by atoms with Crippen LogP contribution in [0.3, 0.4) is 0 Å². The van der Waals surface area contributed by atoms with Crippen LogP contribution in [0.4, 0.5) is 0 Å². The summed E-state index contributed by atoms with van der Waals surface area (Å²) >= 11 is 1.38. The van der Waals surface area contributed by atoms with Gasteiger partial charge in [0.2, 0.25) is 11.7 Å². The van der Waals surface area contributed by atoms with Gasteiger partial charge in [0, 0.05) is 19.6 Å². The summed E-state index contributed by atoms with van der Waals surface area (Å²) in [5.74, 6) is 0.950. The minimum absolute atomic E-state index is 0.0995.